The normalized spacial score (nSPS) is 32.9. The minimum atomic E-state index is -4.02. The summed E-state index contributed by atoms with van der Waals surface area (Å²) < 4.78 is 31.3. The summed E-state index contributed by atoms with van der Waals surface area (Å²) in [5.74, 6) is 1.22. The molecule has 0 aliphatic carbocycles. The van der Waals surface area contributed by atoms with Crippen molar-refractivity contribution in [2.24, 2.45) is 11.8 Å². The molecule has 1 aliphatic rings. The van der Waals surface area contributed by atoms with E-state index >= 15 is 0 Å². The van der Waals surface area contributed by atoms with E-state index in [-0.39, 0.29) is 5.75 Å². The number of rotatable bonds is 4. The van der Waals surface area contributed by atoms with Crippen LogP contribution in [0.4, 0.5) is 0 Å². The highest BCUT2D eigenvalue weighted by Gasteiger charge is 2.24. The highest BCUT2D eigenvalue weighted by molar-refractivity contribution is 7.85. The van der Waals surface area contributed by atoms with Gasteiger partial charge >= 0.3 is 0 Å². The number of nitrogens with one attached hydrogen (secondary N) is 1. The minimum Gasteiger partial charge on any atom is -0.748 e. The molecule has 0 aromatic carbocycles. The Balaban J connectivity index is 2.26. The maximum Gasteiger partial charge on any atom is 0.0948 e. The molecule has 0 aromatic heterocycles. The Bertz CT molecular complexity index is 279. The lowest BCUT2D eigenvalue weighted by Crippen LogP contribution is -3.14. The van der Waals surface area contributed by atoms with Gasteiger partial charge in [-0.3, -0.25) is 0 Å². The van der Waals surface area contributed by atoms with E-state index in [1.165, 1.54) is 11.3 Å². The van der Waals surface area contributed by atoms with Crippen molar-refractivity contribution in [3.8, 4) is 0 Å². The zero-order chi connectivity index (χ0) is 11.5. The van der Waals surface area contributed by atoms with Crippen molar-refractivity contribution in [2.75, 3.05) is 25.4 Å². The zero-order valence-corrected chi connectivity index (χ0v) is 10.3. The molecular weight excluding hydrogens is 214 g/mol. The minimum absolute atomic E-state index is 0.209. The molecule has 3 atom stereocenters. The van der Waals surface area contributed by atoms with Gasteiger partial charge in [-0.05, 0) is 6.42 Å². The van der Waals surface area contributed by atoms with E-state index in [0.29, 0.717) is 18.3 Å². The molecule has 0 aromatic rings. The van der Waals surface area contributed by atoms with Crippen LogP contribution in [-0.4, -0.2) is 38.4 Å². The van der Waals surface area contributed by atoms with Gasteiger partial charge in [0.15, 0.2) is 0 Å². The van der Waals surface area contributed by atoms with Crippen molar-refractivity contribution in [3.05, 3.63) is 0 Å². The molecule has 4 nitrogen and oxygen atoms in total. The molecule has 1 N–H and O–H groups in total. The third-order valence-electron chi connectivity index (χ3n) is 3.00. The molecule has 0 radical (unpaired) electrons. The summed E-state index contributed by atoms with van der Waals surface area (Å²) >= 11 is 0. The third kappa shape index (κ3) is 5.49. The Morgan fingerprint density at radius 3 is 2.27 bits per heavy atom. The number of hydrogen-bond acceptors (Lipinski definition) is 3. The number of quaternary nitrogens is 1. The standard InChI is InChI=1S/C10H21NO3S/c1-9-6-10(2)8-11(7-9)4-3-5-15(12,13)14/h9-10H,3-8H2,1-2H3,(H,12,13,14)/t9-,10+. The lowest BCUT2D eigenvalue weighted by atomic mass is 9.92. The topological polar surface area (TPSA) is 61.6 Å². The average molecular weight is 235 g/mol. The van der Waals surface area contributed by atoms with E-state index in [4.69, 9.17) is 0 Å². The molecule has 90 valence electrons. The summed E-state index contributed by atoms with van der Waals surface area (Å²) in [4.78, 5) is 1.45. The van der Waals surface area contributed by atoms with Crippen molar-refractivity contribution in [1.29, 1.82) is 0 Å². The summed E-state index contributed by atoms with van der Waals surface area (Å²) in [5, 5.41) is 0. The zero-order valence-electron chi connectivity index (χ0n) is 9.53. The molecule has 5 heteroatoms. The van der Waals surface area contributed by atoms with Crippen molar-refractivity contribution < 1.29 is 17.9 Å². The average Bonchev–Trinajstić information content (AvgIpc) is 1.99. The van der Waals surface area contributed by atoms with Gasteiger partial charge in [0.2, 0.25) is 0 Å². The van der Waals surface area contributed by atoms with Gasteiger partial charge in [0, 0.05) is 24.0 Å². The predicted octanol–water partition coefficient (Wildman–Crippen LogP) is -0.517. The molecule has 1 aliphatic heterocycles. The molecule has 1 saturated heterocycles. The molecule has 15 heavy (non-hydrogen) atoms. The molecule has 1 unspecified atom stereocenters. The van der Waals surface area contributed by atoms with Crippen LogP contribution in [-0.2, 0) is 10.1 Å². The second-order valence-corrected chi connectivity index (χ2v) is 6.49. The molecule has 0 amide bonds. The monoisotopic (exact) mass is 235 g/mol. The first-order valence-electron chi connectivity index (χ1n) is 5.64. The fourth-order valence-corrected chi connectivity index (χ4v) is 3.12. The predicted molar refractivity (Wildman–Crippen MR) is 57.7 cm³/mol. The smallest absolute Gasteiger partial charge is 0.0948 e. The van der Waals surface area contributed by atoms with Gasteiger partial charge in [-0.25, -0.2) is 8.42 Å². The van der Waals surface area contributed by atoms with Crippen molar-refractivity contribution in [3.63, 3.8) is 0 Å². The lowest BCUT2D eigenvalue weighted by molar-refractivity contribution is -0.912. The van der Waals surface area contributed by atoms with E-state index in [1.807, 2.05) is 0 Å². The van der Waals surface area contributed by atoms with E-state index in [2.05, 4.69) is 13.8 Å². The van der Waals surface area contributed by atoms with E-state index in [1.54, 1.807) is 0 Å². The van der Waals surface area contributed by atoms with Crippen LogP contribution in [0.5, 0.6) is 0 Å². The van der Waals surface area contributed by atoms with Crippen LogP contribution >= 0.6 is 0 Å². The summed E-state index contributed by atoms with van der Waals surface area (Å²) in [6.07, 6.45) is 1.77. The van der Waals surface area contributed by atoms with E-state index in [0.717, 1.165) is 19.6 Å². The Morgan fingerprint density at radius 2 is 1.80 bits per heavy atom. The third-order valence-corrected chi connectivity index (χ3v) is 3.79. The summed E-state index contributed by atoms with van der Waals surface area (Å²) in [5.41, 5.74) is 0. The molecule has 1 rings (SSSR count). The van der Waals surface area contributed by atoms with Gasteiger partial charge in [-0.15, -0.1) is 0 Å². The summed E-state index contributed by atoms with van der Waals surface area (Å²) in [6.45, 7) is 7.52. The van der Waals surface area contributed by atoms with Crippen LogP contribution < -0.4 is 4.90 Å². The van der Waals surface area contributed by atoms with E-state index < -0.39 is 10.1 Å². The highest BCUT2D eigenvalue weighted by atomic mass is 32.2. The van der Waals surface area contributed by atoms with Crippen LogP contribution in [0.3, 0.4) is 0 Å². The van der Waals surface area contributed by atoms with Gasteiger partial charge in [0.25, 0.3) is 0 Å². The molecule has 1 fully saturated rings. The van der Waals surface area contributed by atoms with Crippen LogP contribution in [0.1, 0.15) is 26.7 Å². The highest BCUT2D eigenvalue weighted by Crippen LogP contribution is 2.11. The SMILES string of the molecule is C[C@@H]1C[C@H](C)C[NH+](CCCS(=O)(=O)[O-])C1. The van der Waals surface area contributed by atoms with Gasteiger partial charge in [-0.2, -0.15) is 0 Å². The van der Waals surface area contributed by atoms with Crippen molar-refractivity contribution >= 4 is 10.1 Å². The van der Waals surface area contributed by atoms with Gasteiger partial charge < -0.3 is 9.45 Å². The van der Waals surface area contributed by atoms with E-state index in [9.17, 15) is 13.0 Å². The number of piperidine rings is 1. The first-order valence-corrected chi connectivity index (χ1v) is 7.21. The molecule has 0 saturated carbocycles. The van der Waals surface area contributed by atoms with Crippen LogP contribution in [0, 0.1) is 11.8 Å². The number of likely N-dealkylation sites (tertiary alicyclic amines) is 1. The fraction of sp³-hybridized carbons (Fsp3) is 1.00. The second-order valence-electron chi connectivity index (χ2n) is 4.97. The second kappa shape index (κ2) is 5.27. The Kier molecular flexibility index (Phi) is 4.55. The van der Waals surface area contributed by atoms with Crippen LogP contribution in [0.15, 0.2) is 0 Å². The van der Waals surface area contributed by atoms with Crippen molar-refractivity contribution in [2.45, 2.75) is 26.7 Å². The fourth-order valence-electron chi connectivity index (χ4n) is 2.63. The Morgan fingerprint density at radius 1 is 1.27 bits per heavy atom. The maximum atomic E-state index is 10.4. The van der Waals surface area contributed by atoms with Gasteiger partial charge in [0.05, 0.1) is 29.8 Å². The first-order chi connectivity index (χ1) is 6.87. The lowest BCUT2D eigenvalue weighted by Gasteiger charge is -2.32. The summed E-state index contributed by atoms with van der Waals surface area (Å²) in [6, 6.07) is 0. The van der Waals surface area contributed by atoms with Gasteiger partial charge in [-0.1, -0.05) is 13.8 Å². The molecule has 1 heterocycles. The molecule has 0 spiro atoms. The molecule has 0 bridgehead atoms. The quantitative estimate of drug-likeness (QED) is 0.667. The molecular formula is C10H21NO3S. The van der Waals surface area contributed by atoms with Crippen molar-refractivity contribution in [1.82, 2.24) is 0 Å². The van der Waals surface area contributed by atoms with Crippen LogP contribution in [0.25, 0.3) is 0 Å². The van der Waals surface area contributed by atoms with Gasteiger partial charge in [0.1, 0.15) is 0 Å². The first kappa shape index (κ1) is 12.9. The Labute approximate surface area is 92.4 Å². The summed E-state index contributed by atoms with van der Waals surface area (Å²) in [7, 11) is -4.02. The van der Waals surface area contributed by atoms with Crippen LogP contribution in [0.2, 0.25) is 0 Å². The maximum absolute atomic E-state index is 10.4. The Hall–Kier alpha value is -0.130. The largest absolute Gasteiger partial charge is 0.748 e. The number of hydrogen-bond donors (Lipinski definition) is 1.